The Morgan fingerprint density at radius 2 is 2.05 bits per heavy atom. The minimum atomic E-state index is -3.11. The van der Waals surface area contributed by atoms with Crippen LogP contribution in [0.3, 0.4) is 0 Å². The van der Waals surface area contributed by atoms with Gasteiger partial charge in [0.05, 0.1) is 10.9 Å². The van der Waals surface area contributed by atoms with Gasteiger partial charge in [-0.15, -0.1) is 5.10 Å². The van der Waals surface area contributed by atoms with Crippen LogP contribution in [-0.4, -0.2) is 43.0 Å². The summed E-state index contributed by atoms with van der Waals surface area (Å²) in [6.07, 6.45) is 3.46. The SMILES string of the molecule is Cc1ccc(N2CCCC(NS(=O)(=O)C3CC3)C2)nn1. The number of hydrogen-bond acceptors (Lipinski definition) is 5. The summed E-state index contributed by atoms with van der Waals surface area (Å²) in [4.78, 5) is 2.11. The largest absolute Gasteiger partial charge is 0.354 e. The van der Waals surface area contributed by atoms with E-state index in [0.717, 1.165) is 43.7 Å². The number of nitrogens with one attached hydrogen (secondary N) is 1. The lowest BCUT2D eigenvalue weighted by molar-refractivity contribution is 0.462. The van der Waals surface area contributed by atoms with Crippen LogP contribution in [-0.2, 0) is 10.0 Å². The van der Waals surface area contributed by atoms with Crippen molar-refractivity contribution in [3.63, 3.8) is 0 Å². The summed E-state index contributed by atoms with van der Waals surface area (Å²) in [6, 6.07) is 3.86. The van der Waals surface area contributed by atoms with Gasteiger partial charge in [-0.25, -0.2) is 13.1 Å². The van der Waals surface area contributed by atoms with Gasteiger partial charge < -0.3 is 4.90 Å². The minimum absolute atomic E-state index is 0.0162. The number of aryl methyl sites for hydroxylation is 1. The maximum Gasteiger partial charge on any atom is 0.214 e. The zero-order valence-electron chi connectivity index (χ0n) is 11.6. The molecule has 1 aliphatic carbocycles. The van der Waals surface area contributed by atoms with Gasteiger partial charge in [0.2, 0.25) is 10.0 Å². The molecule has 7 heteroatoms. The molecule has 1 aromatic heterocycles. The lowest BCUT2D eigenvalue weighted by Crippen LogP contribution is -2.48. The summed E-state index contributed by atoms with van der Waals surface area (Å²) < 4.78 is 26.8. The Morgan fingerprint density at radius 3 is 2.70 bits per heavy atom. The topological polar surface area (TPSA) is 75.2 Å². The van der Waals surface area contributed by atoms with E-state index in [1.807, 2.05) is 19.1 Å². The Hall–Kier alpha value is -1.21. The van der Waals surface area contributed by atoms with Crippen molar-refractivity contribution < 1.29 is 8.42 Å². The fourth-order valence-corrected chi connectivity index (χ4v) is 4.15. The number of rotatable bonds is 4. The fourth-order valence-electron chi connectivity index (χ4n) is 2.55. The number of sulfonamides is 1. The summed E-state index contributed by atoms with van der Waals surface area (Å²) in [5.74, 6) is 0.825. The second kappa shape index (κ2) is 5.29. The molecule has 0 bridgehead atoms. The van der Waals surface area contributed by atoms with Gasteiger partial charge in [0.15, 0.2) is 5.82 Å². The molecule has 0 spiro atoms. The Morgan fingerprint density at radius 1 is 1.25 bits per heavy atom. The quantitative estimate of drug-likeness (QED) is 0.891. The Balaban J connectivity index is 1.65. The van der Waals surface area contributed by atoms with Crippen LogP contribution in [0.2, 0.25) is 0 Å². The molecule has 2 fully saturated rings. The third kappa shape index (κ3) is 3.09. The first-order valence-corrected chi connectivity index (χ1v) is 8.66. The summed E-state index contributed by atoms with van der Waals surface area (Å²) in [7, 11) is -3.11. The van der Waals surface area contributed by atoms with Crippen molar-refractivity contribution in [2.24, 2.45) is 0 Å². The lowest BCUT2D eigenvalue weighted by atomic mass is 10.1. The molecule has 1 N–H and O–H groups in total. The average molecular weight is 296 g/mol. The van der Waals surface area contributed by atoms with Crippen LogP contribution in [0.1, 0.15) is 31.4 Å². The van der Waals surface area contributed by atoms with Crippen LogP contribution in [0.5, 0.6) is 0 Å². The highest BCUT2D eigenvalue weighted by Crippen LogP contribution is 2.28. The lowest BCUT2D eigenvalue weighted by Gasteiger charge is -2.33. The molecule has 1 unspecified atom stereocenters. The van der Waals surface area contributed by atoms with Crippen molar-refractivity contribution in [1.29, 1.82) is 0 Å². The van der Waals surface area contributed by atoms with Crippen molar-refractivity contribution in [3.8, 4) is 0 Å². The molecule has 2 aliphatic rings. The van der Waals surface area contributed by atoms with Gasteiger partial charge in [-0.2, -0.15) is 5.10 Å². The summed E-state index contributed by atoms with van der Waals surface area (Å²) in [6.45, 7) is 3.47. The van der Waals surface area contributed by atoms with E-state index in [-0.39, 0.29) is 11.3 Å². The van der Waals surface area contributed by atoms with Crippen LogP contribution in [0, 0.1) is 6.92 Å². The molecular weight excluding hydrogens is 276 g/mol. The highest BCUT2D eigenvalue weighted by Gasteiger charge is 2.37. The van der Waals surface area contributed by atoms with Crippen molar-refractivity contribution in [2.45, 2.75) is 43.9 Å². The second-order valence-corrected chi connectivity index (χ2v) is 7.67. The van der Waals surface area contributed by atoms with Gasteiger partial charge in [-0.05, 0) is 44.7 Å². The smallest absolute Gasteiger partial charge is 0.214 e. The van der Waals surface area contributed by atoms with E-state index in [0.29, 0.717) is 6.54 Å². The molecule has 1 saturated heterocycles. The Kier molecular flexibility index (Phi) is 3.64. The van der Waals surface area contributed by atoms with Crippen LogP contribution in [0.25, 0.3) is 0 Å². The van der Waals surface area contributed by atoms with E-state index in [1.165, 1.54) is 0 Å². The van der Waals surface area contributed by atoms with Crippen molar-refractivity contribution >= 4 is 15.8 Å². The predicted octanol–water partition coefficient (Wildman–Crippen LogP) is 0.836. The molecular formula is C13H20N4O2S. The zero-order chi connectivity index (χ0) is 14.2. The minimum Gasteiger partial charge on any atom is -0.354 e. The number of hydrogen-bond donors (Lipinski definition) is 1. The molecule has 1 aromatic rings. The highest BCUT2D eigenvalue weighted by molar-refractivity contribution is 7.90. The van der Waals surface area contributed by atoms with E-state index >= 15 is 0 Å². The number of nitrogens with zero attached hydrogens (tertiary/aromatic N) is 3. The van der Waals surface area contributed by atoms with Crippen molar-refractivity contribution in [3.05, 3.63) is 17.8 Å². The number of piperidine rings is 1. The van der Waals surface area contributed by atoms with Crippen LogP contribution in [0.4, 0.5) is 5.82 Å². The first kappa shape index (κ1) is 13.8. The second-order valence-electron chi connectivity index (χ2n) is 5.68. The molecule has 1 atom stereocenters. The summed E-state index contributed by atoms with van der Waals surface area (Å²) in [5, 5.41) is 8.09. The van der Waals surface area contributed by atoms with Gasteiger partial charge in [0.1, 0.15) is 0 Å². The maximum absolute atomic E-state index is 12.0. The van der Waals surface area contributed by atoms with Crippen LogP contribution in [0.15, 0.2) is 12.1 Å². The zero-order valence-corrected chi connectivity index (χ0v) is 12.4. The van der Waals surface area contributed by atoms with Gasteiger partial charge >= 0.3 is 0 Å². The Bertz CT molecular complexity index is 569. The fraction of sp³-hybridized carbons (Fsp3) is 0.692. The molecule has 0 radical (unpaired) electrons. The molecule has 0 amide bonds. The number of anilines is 1. The standard InChI is InChI=1S/C13H20N4O2S/c1-10-4-7-13(15-14-10)17-8-2-3-11(9-17)16-20(18,19)12-5-6-12/h4,7,11-12,16H,2-3,5-6,8-9H2,1H3. The molecule has 110 valence electrons. The molecule has 3 rings (SSSR count). The molecule has 1 aliphatic heterocycles. The van der Waals surface area contributed by atoms with E-state index in [9.17, 15) is 8.42 Å². The third-order valence-electron chi connectivity index (χ3n) is 3.82. The van der Waals surface area contributed by atoms with Crippen molar-refractivity contribution in [2.75, 3.05) is 18.0 Å². The first-order valence-electron chi connectivity index (χ1n) is 7.11. The normalized spacial score (nSPS) is 23.9. The van der Waals surface area contributed by atoms with E-state index in [4.69, 9.17) is 0 Å². The van der Waals surface area contributed by atoms with Crippen LogP contribution < -0.4 is 9.62 Å². The summed E-state index contributed by atoms with van der Waals surface area (Å²) >= 11 is 0. The van der Waals surface area contributed by atoms with Gasteiger partial charge in [-0.3, -0.25) is 0 Å². The summed E-state index contributed by atoms with van der Waals surface area (Å²) in [5.41, 5.74) is 0.886. The van der Waals surface area contributed by atoms with E-state index in [2.05, 4.69) is 19.8 Å². The Labute approximate surface area is 119 Å². The van der Waals surface area contributed by atoms with E-state index < -0.39 is 10.0 Å². The highest BCUT2D eigenvalue weighted by atomic mass is 32.2. The van der Waals surface area contributed by atoms with Gasteiger partial charge in [0, 0.05) is 19.1 Å². The molecule has 2 heterocycles. The predicted molar refractivity (Wildman–Crippen MR) is 77.1 cm³/mol. The van der Waals surface area contributed by atoms with Crippen molar-refractivity contribution in [1.82, 2.24) is 14.9 Å². The van der Waals surface area contributed by atoms with E-state index in [1.54, 1.807) is 0 Å². The molecule has 20 heavy (non-hydrogen) atoms. The number of aromatic nitrogens is 2. The maximum atomic E-state index is 12.0. The van der Waals surface area contributed by atoms with Crippen LogP contribution >= 0.6 is 0 Å². The average Bonchev–Trinajstić information content (AvgIpc) is 3.24. The third-order valence-corrected chi connectivity index (χ3v) is 5.83. The molecule has 0 aromatic carbocycles. The monoisotopic (exact) mass is 296 g/mol. The van der Waals surface area contributed by atoms with Gasteiger partial charge in [-0.1, -0.05) is 0 Å². The molecule has 6 nitrogen and oxygen atoms in total. The van der Waals surface area contributed by atoms with Gasteiger partial charge in [0.25, 0.3) is 0 Å². The molecule has 1 saturated carbocycles. The first-order chi connectivity index (χ1) is 9.54.